The Hall–Kier alpha value is -1.13. The summed E-state index contributed by atoms with van der Waals surface area (Å²) in [4.78, 5) is 10.9. The topological polar surface area (TPSA) is 55.8 Å². The molecule has 2 aliphatic heterocycles. The lowest BCUT2D eigenvalue weighted by atomic mass is 10.1. The van der Waals surface area contributed by atoms with E-state index in [2.05, 4.69) is 0 Å². The summed E-state index contributed by atoms with van der Waals surface area (Å²) in [7, 11) is 0. The average molecular weight is 196 g/mol. The predicted molar refractivity (Wildman–Crippen MR) is 48.3 cm³/mol. The van der Waals surface area contributed by atoms with Crippen LogP contribution >= 0.6 is 0 Å². The molecule has 0 radical (unpaired) electrons. The highest BCUT2D eigenvalue weighted by atomic mass is 16.7. The minimum Gasteiger partial charge on any atom is -0.426 e. The molecule has 1 fully saturated rings. The second kappa shape index (κ2) is 3.22. The molecular weight excluding hydrogens is 184 g/mol. The number of hydrogen-bond acceptors (Lipinski definition) is 4. The summed E-state index contributed by atoms with van der Waals surface area (Å²) in [6.45, 7) is 1.84. The number of hydrogen-bond donors (Lipinski definition) is 1. The van der Waals surface area contributed by atoms with E-state index >= 15 is 0 Å². The normalized spacial score (nSPS) is 41.4. The molecule has 0 amide bonds. The van der Waals surface area contributed by atoms with Crippen molar-refractivity contribution in [2.45, 2.75) is 31.3 Å². The molecule has 0 aromatic carbocycles. The monoisotopic (exact) mass is 196 g/mol. The maximum absolute atomic E-state index is 10.9. The molecule has 76 valence electrons. The first kappa shape index (κ1) is 9.43. The van der Waals surface area contributed by atoms with Crippen molar-refractivity contribution in [1.29, 1.82) is 0 Å². The highest BCUT2D eigenvalue weighted by Gasteiger charge is 2.48. The zero-order valence-electron chi connectivity index (χ0n) is 7.84. The Morgan fingerprint density at radius 1 is 1.71 bits per heavy atom. The van der Waals surface area contributed by atoms with Crippen LogP contribution in [0.2, 0.25) is 0 Å². The summed E-state index contributed by atoms with van der Waals surface area (Å²) < 4.78 is 10.5. The zero-order chi connectivity index (χ0) is 10.2. The van der Waals surface area contributed by atoms with Crippen LogP contribution in [0.25, 0.3) is 0 Å². The maximum atomic E-state index is 10.9. The minimum atomic E-state index is -1.03. The van der Waals surface area contributed by atoms with Crippen molar-refractivity contribution in [3.8, 4) is 0 Å². The first-order valence-electron chi connectivity index (χ1n) is 4.56. The molecule has 0 aromatic rings. The Balaban J connectivity index is 2.13. The fourth-order valence-electron chi connectivity index (χ4n) is 1.73. The Morgan fingerprint density at radius 2 is 2.50 bits per heavy atom. The van der Waals surface area contributed by atoms with Crippen LogP contribution in [0.5, 0.6) is 0 Å². The maximum Gasteiger partial charge on any atom is 0.333 e. The van der Waals surface area contributed by atoms with Crippen LogP contribution in [0.3, 0.4) is 0 Å². The van der Waals surface area contributed by atoms with Gasteiger partial charge in [0.25, 0.3) is 0 Å². The third kappa shape index (κ3) is 1.47. The van der Waals surface area contributed by atoms with Crippen LogP contribution in [0.15, 0.2) is 24.3 Å². The fraction of sp³-hybridized carbons (Fsp3) is 0.500. The first-order valence-corrected chi connectivity index (χ1v) is 4.56. The van der Waals surface area contributed by atoms with Gasteiger partial charge in [0.05, 0.1) is 6.10 Å². The quantitative estimate of drug-likeness (QED) is 0.490. The summed E-state index contributed by atoms with van der Waals surface area (Å²) in [6, 6.07) is 0. The molecule has 0 unspecified atom stereocenters. The third-order valence-corrected chi connectivity index (χ3v) is 2.34. The van der Waals surface area contributed by atoms with Crippen LogP contribution in [0.4, 0.5) is 0 Å². The molecular formula is C10H12O4. The highest BCUT2D eigenvalue weighted by Crippen LogP contribution is 2.36. The molecule has 1 saturated heterocycles. The van der Waals surface area contributed by atoms with Crippen molar-refractivity contribution >= 4 is 5.97 Å². The van der Waals surface area contributed by atoms with Gasteiger partial charge in [0, 0.05) is 12.5 Å². The largest absolute Gasteiger partial charge is 0.426 e. The fourth-order valence-corrected chi connectivity index (χ4v) is 1.73. The van der Waals surface area contributed by atoms with Gasteiger partial charge < -0.3 is 14.6 Å². The Morgan fingerprint density at radius 3 is 3.07 bits per heavy atom. The number of carbonyl (C=O) groups is 1. The number of esters is 1. The Kier molecular flexibility index (Phi) is 2.17. The van der Waals surface area contributed by atoms with Gasteiger partial charge in [-0.05, 0) is 13.0 Å². The van der Waals surface area contributed by atoms with Crippen molar-refractivity contribution in [3.05, 3.63) is 24.3 Å². The summed E-state index contributed by atoms with van der Waals surface area (Å²) in [6.07, 6.45) is 5.71. The van der Waals surface area contributed by atoms with E-state index in [0.717, 1.165) is 0 Å². The number of rotatable bonds is 1. The summed E-state index contributed by atoms with van der Waals surface area (Å²) in [5.41, 5.74) is 0. The second-order valence-corrected chi connectivity index (χ2v) is 3.45. The molecule has 2 rings (SSSR count). The lowest BCUT2D eigenvalue weighted by Gasteiger charge is -2.19. The standard InChI is InChI=1S/C10H12O4/c1-2-3-8-7(11)6-10(13-8)5-4-9(12)14-10/h2-5,7-8,11H,6H2,1H3/b3-2+/t7-,8-,10-/m1/s1. The predicted octanol–water partition coefficient (Wildman–Crippen LogP) is 0.522. The van der Waals surface area contributed by atoms with E-state index in [9.17, 15) is 9.90 Å². The second-order valence-electron chi connectivity index (χ2n) is 3.45. The van der Waals surface area contributed by atoms with Crippen LogP contribution in [-0.2, 0) is 14.3 Å². The Labute approximate surface area is 81.8 Å². The lowest BCUT2D eigenvalue weighted by Crippen LogP contribution is -2.27. The molecule has 4 heteroatoms. The van der Waals surface area contributed by atoms with Gasteiger partial charge in [-0.25, -0.2) is 4.79 Å². The van der Waals surface area contributed by atoms with Crippen molar-refractivity contribution in [2.75, 3.05) is 0 Å². The van der Waals surface area contributed by atoms with Crippen molar-refractivity contribution in [1.82, 2.24) is 0 Å². The van der Waals surface area contributed by atoms with Crippen molar-refractivity contribution < 1.29 is 19.4 Å². The van der Waals surface area contributed by atoms with Gasteiger partial charge in [-0.15, -0.1) is 0 Å². The molecule has 3 atom stereocenters. The zero-order valence-corrected chi connectivity index (χ0v) is 7.84. The van der Waals surface area contributed by atoms with Gasteiger partial charge in [-0.2, -0.15) is 0 Å². The summed E-state index contributed by atoms with van der Waals surface area (Å²) >= 11 is 0. The molecule has 1 N–H and O–H groups in total. The van der Waals surface area contributed by atoms with E-state index < -0.39 is 24.0 Å². The summed E-state index contributed by atoms with van der Waals surface area (Å²) in [5.74, 6) is -1.45. The summed E-state index contributed by atoms with van der Waals surface area (Å²) in [5, 5.41) is 9.63. The number of aliphatic hydroxyl groups is 1. The average Bonchev–Trinajstić information content (AvgIpc) is 2.60. The SMILES string of the molecule is C/C=C/[C@H]1O[C@@]2(C=CC(=O)O2)C[C@H]1O. The van der Waals surface area contributed by atoms with Gasteiger partial charge in [0.2, 0.25) is 5.79 Å². The highest BCUT2D eigenvalue weighted by molar-refractivity contribution is 5.85. The van der Waals surface area contributed by atoms with Gasteiger partial charge in [-0.3, -0.25) is 0 Å². The van der Waals surface area contributed by atoms with Crippen LogP contribution in [-0.4, -0.2) is 29.1 Å². The lowest BCUT2D eigenvalue weighted by molar-refractivity contribution is -0.187. The van der Waals surface area contributed by atoms with Crippen LogP contribution in [0.1, 0.15) is 13.3 Å². The van der Waals surface area contributed by atoms with Crippen LogP contribution in [0, 0.1) is 0 Å². The molecule has 14 heavy (non-hydrogen) atoms. The van der Waals surface area contributed by atoms with Gasteiger partial charge in [0.15, 0.2) is 0 Å². The van der Waals surface area contributed by atoms with Gasteiger partial charge in [0.1, 0.15) is 6.10 Å². The minimum absolute atomic E-state index is 0.296. The van der Waals surface area contributed by atoms with Crippen molar-refractivity contribution in [2.24, 2.45) is 0 Å². The van der Waals surface area contributed by atoms with E-state index in [0.29, 0.717) is 6.42 Å². The number of aliphatic hydroxyl groups excluding tert-OH is 1. The molecule has 2 heterocycles. The molecule has 0 saturated carbocycles. The third-order valence-electron chi connectivity index (χ3n) is 2.34. The van der Waals surface area contributed by atoms with Gasteiger partial charge >= 0.3 is 5.97 Å². The molecule has 0 aromatic heterocycles. The number of carbonyl (C=O) groups excluding carboxylic acids is 1. The van der Waals surface area contributed by atoms with E-state index in [1.54, 1.807) is 18.2 Å². The molecule has 0 aliphatic carbocycles. The molecule has 2 aliphatic rings. The van der Waals surface area contributed by atoms with E-state index in [1.165, 1.54) is 6.08 Å². The number of ether oxygens (including phenoxy) is 2. The van der Waals surface area contributed by atoms with E-state index in [1.807, 2.05) is 6.92 Å². The first-order chi connectivity index (χ1) is 6.65. The number of allylic oxidation sites excluding steroid dienone is 1. The molecule has 1 spiro atoms. The van der Waals surface area contributed by atoms with Crippen LogP contribution < -0.4 is 0 Å². The van der Waals surface area contributed by atoms with Crippen molar-refractivity contribution in [3.63, 3.8) is 0 Å². The van der Waals surface area contributed by atoms with Gasteiger partial charge in [-0.1, -0.05) is 12.2 Å². The molecule has 4 nitrogen and oxygen atoms in total. The Bertz CT molecular complexity index is 307. The van der Waals surface area contributed by atoms with E-state index in [-0.39, 0.29) is 0 Å². The smallest absolute Gasteiger partial charge is 0.333 e. The molecule has 0 bridgehead atoms. The van der Waals surface area contributed by atoms with E-state index in [4.69, 9.17) is 9.47 Å².